The van der Waals surface area contributed by atoms with E-state index in [1.54, 1.807) is 24.3 Å². The van der Waals surface area contributed by atoms with Crippen molar-refractivity contribution in [3.05, 3.63) is 24.3 Å². The molecule has 0 aliphatic carbocycles. The van der Waals surface area contributed by atoms with Gasteiger partial charge in [0, 0.05) is 25.6 Å². The van der Waals surface area contributed by atoms with Gasteiger partial charge in [-0.3, -0.25) is 4.79 Å². The summed E-state index contributed by atoms with van der Waals surface area (Å²) in [6, 6.07) is 7.14. The molecule has 2 rings (SSSR count). The lowest BCUT2D eigenvalue weighted by atomic mass is 10.1. The van der Waals surface area contributed by atoms with E-state index in [1.807, 2.05) is 6.92 Å². The molecule has 0 aromatic heterocycles. The molecule has 2 unspecified atom stereocenters. The third-order valence-electron chi connectivity index (χ3n) is 3.37. The Bertz CT molecular complexity index is 455. The second-order valence-corrected chi connectivity index (χ2v) is 4.98. The molecule has 124 valence electrons. The SMILES string of the molecule is CCOc1ccc(OCC(=O)NCC2CNCC2O)cc1.Cl. The highest BCUT2D eigenvalue weighted by atomic mass is 35.5. The highest BCUT2D eigenvalue weighted by Gasteiger charge is 2.24. The summed E-state index contributed by atoms with van der Waals surface area (Å²) in [5, 5.41) is 15.5. The van der Waals surface area contributed by atoms with Gasteiger partial charge in [-0.25, -0.2) is 0 Å². The van der Waals surface area contributed by atoms with Crippen LogP contribution in [0.2, 0.25) is 0 Å². The summed E-state index contributed by atoms with van der Waals surface area (Å²) >= 11 is 0. The lowest BCUT2D eigenvalue weighted by Gasteiger charge is -2.14. The fourth-order valence-corrected chi connectivity index (χ4v) is 2.17. The largest absolute Gasteiger partial charge is 0.494 e. The Labute approximate surface area is 136 Å². The quantitative estimate of drug-likeness (QED) is 0.681. The molecule has 1 amide bonds. The smallest absolute Gasteiger partial charge is 0.257 e. The molecule has 1 aromatic carbocycles. The third-order valence-corrected chi connectivity index (χ3v) is 3.37. The van der Waals surface area contributed by atoms with E-state index < -0.39 is 6.10 Å². The summed E-state index contributed by atoms with van der Waals surface area (Å²) < 4.78 is 10.7. The van der Waals surface area contributed by atoms with E-state index in [0.717, 1.165) is 12.3 Å². The van der Waals surface area contributed by atoms with Gasteiger partial charge in [0.25, 0.3) is 5.91 Å². The van der Waals surface area contributed by atoms with E-state index >= 15 is 0 Å². The van der Waals surface area contributed by atoms with Crippen LogP contribution in [0.1, 0.15) is 6.92 Å². The molecule has 6 nitrogen and oxygen atoms in total. The van der Waals surface area contributed by atoms with E-state index in [9.17, 15) is 9.90 Å². The molecule has 1 heterocycles. The molecule has 3 N–H and O–H groups in total. The van der Waals surface area contributed by atoms with Crippen LogP contribution in [0.3, 0.4) is 0 Å². The zero-order valence-corrected chi connectivity index (χ0v) is 13.4. The van der Waals surface area contributed by atoms with E-state index in [1.165, 1.54) is 0 Å². The van der Waals surface area contributed by atoms with Crippen LogP contribution in [0.25, 0.3) is 0 Å². The molecule has 2 atom stereocenters. The lowest BCUT2D eigenvalue weighted by Crippen LogP contribution is -2.36. The van der Waals surface area contributed by atoms with Gasteiger partial charge < -0.3 is 25.2 Å². The van der Waals surface area contributed by atoms with Gasteiger partial charge >= 0.3 is 0 Å². The van der Waals surface area contributed by atoms with Gasteiger partial charge in [-0.2, -0.15) is 0 Å². The average molecular weight is 331 g/mol. The number of aliphatic hydroxyl groups excluding tert-OH is 1. The first kappa shape index (κ1) is 18.5. The molecule has 1 saturated heterocycles. The number of β-amino-alcohol motifs (C(OH)–C–C–N with tert-alkyl or cyclic N) is 1. The Hall–Kier alpha value is -1.50. The molecule has 1 aromatic rings. The molecule has 7 heteroatoms. The summed E-state index contributed by atoms with van der Waals surface area (Å²) in [5.41, 5.74) is 0. The Balaban J connectivity index is 0.00000242. The summed E-state index contributed by atoms with van der Waals surface area (Å²) in [6.07, 6.45) is -0.391. The van der Waals surface area contributed by atoms with Crippen LogP contribution in [-0.4, -0.2) is 50.0 Å². The molecular weight excluding hydrogens is 308 g/mol. The predicted molar refractivity (Wildman–Crippen MR) is 85.7 cm³/mol. The molecular formula is C15H23ClN2O4. The van der Waals surface area contributed by atoms with Gasteiger partial charge in [-0.05, 0) is 31.2 Å². The lowest BCUT2D eigenvalue weighted by molar-refractivity contribution is -0.123. The molecule has 22 heavy (non-hydrogen) atoms. The number of carbonyl (C=O) groups excluding carboxylic acids is 1. The van der Waals surface area contributed by atoms with Crippen LogP contribution in [0.15, 0.2) is 24.3 Å². The molecule has 0 bridgehead atoms. The number of nitrogens with one attached hydrogen (secondary N) is 2. The first-order valence-corrected chi connectivity index (χ1v) is 7.20. The number of hydrogen-bond acceptors (Lipinski definition) is 5. The van der Waals surface area contributed by atoms with Crippen LogP contribution < -0.4 is 20.1 Å². The maximum atomic E-state index is 11.7. The monoisotopic (exact) mass is 330 g/mol. The van der Waals surface area contributed by atoms with Gasteiger partial charge in [0.15, 0.2) is 6.61 Å². The Morgan fingerprint density at radius 3 is 2.45 bits per heavy atom. The zero-order valence-electron chi connectivity index (χ0n) is 12.6. The second kappa shape index (κ2) is 9.50. The van der Waals surface area contributed by atoms with Crippen LogP contribution in [-0.2, 0) is 4.79 Å². The van der Waals surface area contributed by atoms with Crippen molar-refractivity contribution >= 4 is 18.3 Å². The number of hydrogen-bond donors (Lipinski definition) is 3. The highest BCUT2D eigenvalue weighted by molar-refractivity contribution is 5.85. The van der Waals surface area contributed by atoms with Crippen molar-refractivity contribution in [2.45, 2.75) is 13.0 Å². The van der Waals surface area contributed by atoms with Crippen LogP contribution in [0.5, 0.6) is 11.5 Å². The van der Waals surface area contributed by atoms with Crippen molar-refractivity contribution in [3.8, 4) is 11.5 Å². The molecule has 1 fully saturated rings. The molecule has 0 saturated carbocycles. The summed E-state index contributed by atoms with van der Waals surface area (Å²) in [6.45, 7) is 4.27. The molecule has 0 radical (unpaired) electrons. The molecule has 1 aliphatic rings. The Morgan fingerprint density at radius 1 is 1.27 bits per heavy atom. The molecule has 1 aliphatic heterocycles. The van der Waals surface area contributed by atoms with Crippen LogP contribution in [0, 0.1) is 5.92 Å². The summed E-state index contributed by atoms with van der Waals surface area (Å²) in [5.74, 6) is 1.27. The van der Waals surface area contributed by atoms with E-state index in [2.05, 4.69) is 10.6 Å². The standard InChI is InChI=1S/C15H22N2O4.ClH/c1-2-20-12-3-5-13(6-4-12)21-10-15(19)17-8-11-7-16-9-14(11)18;/h3-6,11,14,16,18H,2,7-10H2,1H3,(H,17,19);1H. The van der Waals surface area contributed by atoms with Gasteiger partial charge in [0.05, 0.1) is 12.7 Å². The maximum Gasteiger partial charge on any atom is 0.257 e. The van der Waals surface area contributed by atoms with Gasteiger partial charge in [-0.15, -0.1) is 12.4 Å². The van der Waals surface area contributed by atoms with Crippen molar-refractivity contribution in [3.63, 3.8) is 0 Å². The number of amides is 1. The third kappa shape index (κ3) is 5.71. The summed E-state index contributed by atoms with van der Waals surface area (Å²) in [7, 11) is 0. The number of benzene rings is 1. The fraction of sp³-hybridized carbons (Fsp3) is 0.533. The van der Waals surface area contributed by atoms with E-state index in [4.69, 9.17) is 9.47 Å². The zero-order chi connectivity index (χ0) is 15.1. The summed E-state index contributed by atoms with van der Waals surface area (Å²) in [4.78, 5) is 11.7. The molecule has 0 spiro atoms. The van der Waals surface area contributed by atoms with Crippen molar-refractivity contribution in [2.24, 2.45) is 5.92 Å². The van der Waals surface area contributed by atoms with Crippen molar-refractivity contribution in [1.29, 1.82) is 0 Å². The number of carbonyl (C=O) groups is 1. The maximum absolute atomic E-state index is 11.7. The Morgan fingerprint density at radius 2 is 1.91 bits per heavy atom. The number of rotatable bonds is 7. The van der Waals surface area contributed by atoms with Crippen LogP contribution in [0.4, 0.5) is 0 Å². The normalized spacial score (nSPS) is 20.1. The topological polar surface area (TPSA) is 79.8 Å². The van der Waals surface area contributed by atoms with E-state index in [-0.39, 0.29) is 30.8 Å². The first-order chi connectivity index (χ1) is 10.2. The van der Waals surface area contributed by atoms with Crippen LogP contribution >= 0.6 is 12.4 Å². The minimum Gasteiger partial charge on any atom is -0.494 e. The minimum absolute atomic E-state index is 0. The predicted octanol–water partition coefficient (Wildman–Crippen LogP) is 0.582. The fourth-order valence-electron chi connectivity index (χ4n) is 2.17. The van der Waals surface area contributed by atoms with Gasteiger partial charge in [0.2, 0.25) is 0 Å². The Kier molecular flexibility index (Phi) is 8.01. The highest BCUT2D eigenvalue weighted by Crippen LogP contribution is 2.17. The minimum atomic E-state index is -0.391. The number of halogens is 1. The average Bonchev–Trinajstić information content (AvgIpc) is 2.90. The van der Waals surface area contributed by atoms with Gasteiger partial charge in [0.1, 0.15) is 11.5 Å². The van der Waals surface area contributed by atoms with Crippen molar-refractivity contribution in [1.82, 2.24) is 10.6 Å². The van der Waals surface area contributed by atoms with Gasteiger partial charge in [-0.1, -0.05) is 0 Å². The first-order valence-electron chi connectivity index (χ1n) is 7.20. The second-order valence-electron chi connectivity index (χ2n) is 4.98. The van der Waals surface area contributed by atoms with E-state index in [0.29, 0.717) is 25.4 Å². The number of ether oxygens (including phenoxy) is 2. The van der Waals surface area contributed by atoms with Crippen molar-refractivity contribution < 1.29 is 19.4 Å². The van der Waals surface area contributed by atoms with Crippen molar-refractivity contribution in [2.75, 3.05) is 32.8 Å². The number of aliphatic hydroxyl groups is 1.